The normalized spacial score (nSPS) is 19.1. The number of nitrogens with one attached hydrogen (secondary N) is 6. The van der Waals surface area contributed by atoms with Gasteiger partial charge in [-0.1, -0.05) is 86.4 Å². The van der Waals surface area contributed by atoms with Crippen molar-refractivity contribution in [1.82, 2.24) is 50.3 Å². The highest BCUT2D eigenvalue weighted by Crippen LogP contribution is 2.45. The molecule has 3 aliphatic heterocycles. The number of carbonyl (C=O) groups excluding carboxylic acids is 7. The number of aliphatic hydroxyl groups is 1. The molecule has 3 aromatic heterocycles. The fraction of sp³-hybridized carbons (Fsp3) is 0.494. The van der Waals surface area contributed by atoms with Gasteiger partial charge < -0.3 is 88.3 Å². The van der Waals surface area contributed by atoms with Crippen molar-refractivity contribution in [3.8, 4) is 17.7 Å². The molecule has 0 spiro atoms. The molecule has 2 bridgehead atoms. The molecule has 3 fully saturated rings. The summed E-state index contributed by atoms with van der Waals surface area (Å²) in [5, 5.41) is 25.0. The van der Waals surface area contributed by atoms with Gasteiger partial charge in [-0.25, -0.2) is 19.7 Å². The summed E-state index contributed by atoms with van der Waals surface area (Å²) in [5.41, 5.74) is 3.62. The maximum Gasteiger partial charge on any atom is 0.697 e. The number of amides is 7. The van der Waals surface area contributed by atoms with Crippen molar-refractivity contribution >= 4 is 86.5 Å². The Morgan fingerprint density at radius 1 is 0.661 bits per heavy atom. The number of hydrogen-bond donors (Lipinski definition) is 7. The van der Waals surface area contributed by atoms with Gasteiger partial charge in [0, 0.05) is 95.5 Å². The number of para-hydroxylation sites is 1. The van der Waals surface area contributed by atoms with Crippen LogP contribution in [0.15, 0.2) is 127 Å². The fourth-order valence-corrected chi connectivity index (χ4v) is 14.9. The number of ether oxygens (including phenoxy) is 11. The molecule has 39 nitrogen and oxygen atoms in total. The van der Waals surface area contributed by atoms with Crippen LogP contribution in [0.4, 0.5) is 22.1 Å². The van der Waals surface area contributed by atoms with Crippen molar-refractivity contribution in [2.75, 3.05) is 148 Å². The molecular formula is C83H103N13O26P2+2. The zero-order valence-corrected chi connectivity index (χ0v) is 70.9. The van der Waals surface area contributed by atoms with Crippen molar-refractivity contribution in [2.45, 2.75) is 121 Å². The standard InChI is InChI=1S/C83H101N13O26P2/c1-54(2)72(90-69(98)26-29-108-31-33-110-35-37-112-39-41-114-43-44-115-42-40-113-38-36-111-34-32-109-30-28-85-68(97)23-24-71(99)95-48-59-13-6-5-11-57(59)19-20-58-12-8-10-16-65(58)95)79(103)88-55(3)77(101)89-62-21-17-56(18-22-62)49-116-83(105)94(4)47-60-14-7-9-15-64(60)78(102)92-82-91-76-73(80(104)93-82)87-53-96(76)81-75-74(100)67(120-81)51-118-123(106)121-66-46-63(119-70-25-27-84-52-86-70)45-61(66)50-117-124(107)122-75/h5-18,21-22,25,27,52-55,61,63,66-67,72,74-75,81,100H,23-24,26,28-51H2,1-4H3,(H4-2,85,88,89,90,91,92,93,97,98,101,102,103,104)/p+2/t55-,61?,63+,66-,67+,72-,74+,75+,81+/m0/s1. The van der Waals surface area contributed by atoms with Crippen molar-refractivity contribution < 1.29 is 118 Å². The lowest BCUT2D eigenvalue weighted by atomic mass is 10.0. The predicted molar refractivity (Wildman–Crippen MR) is 443 cm³/mol. The van der Waals surface area contributed by atoms with Crippen molar-refractivity contribution in [3.63, 3.8) is 0 Å². The minimum atomic E-state index is -2.95. The van der Waals surface area contributed by atoms with E-state index in [4.69, 9.17) is 70.2 Å². The molecule has 7 aromatic rings. The van der Waals surface area contributed by atoms with Gasteiger partial charge in [0.15, 0.2) is 23.5 Å². The quantitative estimate of drug-likeness (QED) is 0.0128. The molecule has 41 heteroatoms. The van der Waals surface area contributed by atoms with Crippen LogP contribution in [0.5, 0.6) is 5.88 Å². The monoisotopic (exact) mass is 1760 g/mol. The maximum atomic E-state index is 14.0. The molecule has 3 unspecified atom stereocenters. The molecular weight excluding hydrogens is 1660 g/mol. The van der Waals surface area contributed by atoms with Crippen LogP contribution in [0.3, 0.4) is 0 Å². The molecule has 2 saturated heterocycles. The minimum absolute atomic E-state index is 0.0232. The first kappa shape index (κ1) is 94.1. The number of aromatic amines is 1. The van der Waals surface area contributed by atoms with E-state index in [1.54, 1.807) is 67.3 Å². The van der Waals surface area contributed by atoms with Crippen molar-refractivity contribution in [2.24, 2.45) is 11.8 Å². The number of aromatic nitrogens is 6. The Hall–Kier alpha value is -10.6. The van der Waals surface area contributed by atoms with E-state index in [1.165, 1.54) is 48.4 Å². The number of anilines is 3. The largest absolute Gasteiger partial charge is 0.697 e. The second-order valence-electron chi connectivity index (χ2n) is 29.2. The van der Waals surface area contributed by atoms with E-state index in [0.717, 1.165) is 22.4 Å². The topological polar surface area (TPSA) is 468 Å². The van der Waals surface area contributed by atoms with Crippen LogP contribution in [0.1, 0.15) is 97.3 Å². The Bertz CT molecular complexity index is 4850. The van der Waals surface area contributed by atoms with Gasteiger partial charge in [0.05, 0.1) is 124 Å². The Morgan fingerprint density at radius 3 is 1.98 bits per heavy atom. The SMILES string of the molecule is CC(C)[C@H](NC(=O)CCOCCOCCOCCOCCOCCOCCOCCOCCNC(=O)CCC(=O)N1Cc2ccccc2C#Cc2ccccc21)C(=O)N[C@@H](C)C(=O)Nc1ccc(COC(=O)N(C)Cc2ccccc2C(=O)Nc2nc3c(ncn3[C@@H]3O[C@@H]4CO[P+](=O)O[C@H]5C[C@H](Oc6ccncn6)CC5CO[P+](=O)O[C@@H]3[C@@H]4O)c(=O)[nH]2)cc1. The molecule has 4 aromatic carbocycles. The molecule has 11 rings (SSSR count). The van der Waals surface area contributed by atoms with Gasteiger partial charge in [-0.2, -0.15) is 4.98 Å². The first-order valence-electron chi connectivity index (χ1n) is 40.6. The first-order chi connectivity index (χ1) is 60.2. The van der Waals surface area contributed by atoms with Gasteiger partial charge >= 0.3 is 22.6 Å². The van der Waals surface area contributed by atoms with E-state index in [2.05, 4.69) is 63.3 Å². The highest BCUT2D eigenvalue weighted by atomic mass is 31.1. The third kappa shape index (κ3) is 29.0. The van der Waals surface area contributed by atoms with E-state index in [-0.39, 0.29) is 106 Å². The third-order valence-electron chi connectivity index (χ3n) is 19.8. The zero-order chi connectivity index (χ0) is 87.5. The highest BCUT2D eigenvalue weighted by Gasteiger charge is 2.54. The first-order valence-corrected chi connectivity index (χ1v) is 42.8. The average molecular weight is 1760 g/mol. The molecule has 4 aliphatic rings. The van der Waals surface area contributed by atoms with Gasteiger partial charge in [-0.05, 0) is 72.4 Å². The Labute approximate surface area is 716 Å². The fourth-order valence-electron chi connectivity index (χ4n) is 13.3. The number of rotatable bonds is 45. The van der Waals surface area contributed by atoms with Gasteiger partial charge in [0.25, 0.3) is 11.5 Å². The molecule has 664 valence electrons. The van der Waals surface area contributed by atoms with Gasteiger partial charge in [0.1, 0.15) is 62.6 Å². The number of nitrogens with zero attached hydrogens (tertiary/aromatic N) is 7. The van der Waals surface area contributed by atoms with Gasteiger partial charge in [0.2, 0.25) is 41.4 Å². The summed E-state index contributed by atoms with van der Waals surface area (Å²) < 4.78 is 113. The van der Waals surface area contributed by atoms with Crippen molar-refractivity contribution in [3.05, 3.63) is 166 Å². The number of aliphatic hydroxyl groups excluding tert-OH is 1. The summed E-state index contributed by atoms with van der Waals surface area (Å²) in [6, 6.07) is 27.7. The van der Waals surface area contributed by atoms with Gasteiger partial charge in [-0.15, -0.1) is 18.1 Å². The molecule has 0 radical (unpaired) electrons. The summed E-state index contributed by atoms with van der Waals surface area (Å²) in [6.45, 7) is 10.2. The highest BCUT2D eigenvalue weighted by molar-refractivity contribution is 7.33. The third-order valence-corrected chi connectivity index (χ3v) is 21.4. The van der Waals surface area contributed by atoms with E-state index < -0.39 is 113 Å². The number of carbonyl (C=O) groups is 7. The minimum Gasteiger partial charge on any atom is -0.474 e. The van der Waals surface area contributed by atoms with Crippen LogP contribution in [0.25, 0.3) is 11.2 Å². The summed E-state index contributed by atoms with van der Waals surface area (Å²) in [4.78, 5) is 129. The second-order valence-corrected chi connectivity index (χ2v) is 31.0. The Balaban J connectivity index is 0.487. The Morgan fingerprint density at radius 2 is 1.29 bits per heavy atom. The van der Waals surface area contributed by atoms with Crippen LogP contribution in [-0.4, -0.2) is 256 Å². The molecule has 124 heavy (non-hydrogen) atoms. The van der Waals surface area contributed by atoms with Crippen molar-refractivity contribution in [1.29, 1.82) is 0 Å². The second kappa shape index (κ2) is 49.2. The molecule has 1 saturated carbocycles. The number of fused-ring (bicyclic) bond motifs is 6. The van der Waals surface area contributed by atoms with Crippen LogP contribution >= 0.6 is 16.5 Å². The summed E-state index contributed by atoms with van der Waals surface area (Å²) in [7, 11) is -4.27. The number of H-pyrrole nitrogens is 1. The lowest BCUT2D eigenvalue weighted by molar-refractivity contribution is -0.132. The predicted octanol–water partition coefficient (Wildman–Crippen LogP) is 6.13. The zero-order valence-electron chi connectivity index (χ0n) is 69.1. The van der Waals surface area contributed by atoms with Crippen LogP contribution in [0, 0.1) is 23.7 Å². The summed E-state index contributed by atoms with van der Waals surface area (Å²) in [5.74, 6) is 2.96. The molecule has 7 amide bonds. The summed E-state index contributed by atoms with van der Waals surface area (Å²) >= 11 is 0. The maximum absolute atomic E-state index is 14.0. The van der Waals surface area contributed by atoms with Crippen LogP contribution in [0.2, 0.25) is 0 Å². The van der Waals surface area contributed by atoms with E-state index in [1.807, 2.05) is 48.5 Å². The van der Waals surface area contributed by atoms with E-state index in [0.29, 0.717) is 128 Å². The summed E-state index contributed by atoms with van der Waals surface area (Å²) in [6.07, 6.45) is -2.76. The molecule has 6 heterocycles. The number of hydrogen-bond acceptors (Lipinski definition) is 30. The van der Waals surface area contributed by atoms with E-state index in [9.17, 15) is 52.6 Å². The van der Waals surface area contributed by atoms with Crippen LogP contribution in [-0.2, 0) is 118 Å². The number of benzene rings is 4. The smallest absolute Gasteiger partial charge is 0.474 e. The van der Waals surface area contributed by atoms with Crippen LogP contribution < -0.4 is 41.8 Å². The molecule has 11 atom stereocenters. The number of imidazole rings is 1. The lowest BCUT2D eigenvalue weighted by Gasteiger charge is -2.26. The van der Waals surface area contributed by atoms with E-state index >= 15 is 0 Å². The molecule has 1 aliphatic carbocycles. The Kier molecular flexibility index (Phi) is 37.3. The lowest BCUT2D eigenvalue weighted by Crippen LogP contribution is -2.53. The average Bonchev–Trinajstić information content (AvgIpc) is 1.60. The molecule has 7 N–H and O–H groups in total. The van der Waals surface area contributed by atoms with Gasteiger partial charge in [-0.3, -0.25) is 48.4 Å².